The lowest BCUT2D eigenvalue weighted by molar-refractivity contribution is -0.0231. The van der Waals surface area contributed by atoms with Crippen molar-refractivity contribution in [2.45, 2.75) is 38.9 Å². The van der Waals surface area contributed by atoms with Crippen LogP contribution in [0.5, 0.6) is 5.75 Å². The van der Waals surface area contributed by atoms with Crippen molar-refractivity contribution in [3.05, 3.63) is 60.3 Å². The molecule has 2 aromatic heterocycles. The molecule has 2 fully saturated rings. The van der Waals surface area contributed by atoms with Crippen LogP contribution in [-0.2, 0) is 0 Å². The summed E-state index contributed by atoms with van der Waals surface area (Å²) in [5.74, 6) is 3.11. The summed E-state index contributed by atoms with van der Waals surface area (Å²) in [6.45, 7) is 5.72. The van der Waals surface area contributed by atoms with E-state index in [1.807, 2.05) is 44.2 Å². The third kappa shape index (κ3) is 4.50. The maximum absolute atomic E-state index is 10.8. The number of aliphatic hydroxyl groups is 1. The third-order valence-corrected chi connectivity index (χ3v) is 6.32. The second-order valence-electron chi connectivity index (χ2n) is 8.81. The number of aliphatic hydroxyl groups excluding tert-OH is 1. The average Bonchev–Trinajstić information content (AvgIpc) is 3.17. The van der Waals surface area contributed by atoms with Crippen molar-refractivity contribution in [1.29, 1.82) is 0 Å². The smallest absolute Gasteiger partial charge is 0.227 e. The molecule has 1 aliphatic carbocycles. The lowest BCUT2D eigenvalue weighted by Gasteiger charge is -2.35. The van der Waals surface area contributed by atoms with E-state index in [1.54, 1.807) is 18.6 Å². The van der Waals surface area contributed by atoms with Gasteiger partial charge in [-0.25, -0.2) is 15.0 Å². The normalized spacial score (nSPS) is 24.8. The molecule has 0 amide bonds. The molecule has 0 radical (unpaired) electrons. The molecule has 8 nitrogen and oxygen atoms in total. The van der Waals surface area contributed by atoms with E-state index < -0.39 is 6.10 Å². The highest BCUT2D eigenvalue weighted by molar-refractivity contribution is 5.56. The lowest BCUT2D eigenvalue weighted by Crippen LogP contribution is -2.42. The summed E-state index contributed by atoms with van der Waals surface area (Å²) in [5, 5.41) is 14.0. The number of aryl methyl sites for hydroxylation is 2. The monoisotopic (exact) mass is 432 g/mol. The molecule has 166 valence electrons. The second-order valence-corrected chi connectivity index (χ2v) is 8.81. The van der Waals surface area contributed by atoms with Crippen LogP contribution < -0.4 is 15.0 Å². The first-order valence-corrected chi connectivity index (χ1v) is 11.1. The summed E-state index contributed by atoms with van der Waals surface area (Å²) in [7, 11) is 0. The van der Waals surface area contributed by atoms with Crippen molar-refractivity contribution >= 4 is 17.5 Å². The average molecular weight is 433 g/mol. The molecule has 1 aromatic carbocycles. The zero-order chi connectivity index (χ0) is 22.1. The number of fused-ring (bicyclic) bond motifs is 1. The Morgan fingerprint density at radius 3 is 2.56 bits per heavy atom. The summed E-state index contributed by atoms with van der Waals surface area (Å²) in [6.07, 6.45) is 6.06. The highest BCUT2D eigenvalue weighted by atomic mass is 16.5. The van der Waals surface area contributed by atoms with Crippen LogP contribution in [0.25, 0.3) is 0 Å². The van der Waals surface area contributed by atoms with Gasteiger partial charge in [0.05, 0.1) is 12.3 Å². The summed E-state index contributed by atoms with van der Waals surface area (Å²) in [4.78, 5) is 19.8. The largest absolute Gasteiger partial charge is 0.488 e. The molecular formula is C24H28N6O2. The van der Waals surface area contributed by atoms with Crippen LogP contribution >= 0.6 is 0 Å². The van der Waals surface area contributed by atoms with Gasteiger partial charge in [-0.1, -0.05) is 6.07 Å². The van der Waals surface area contributed by atoms with Crippen LogP contribution in [0.2, 0.25) is 0 Å². The van der Waals surface area contributed by atoms with Crippen LogP contribution in [0.15, 0.2) is 48.9 Å². The van der Waals surface area contributed by atoms with Gasteiger partial charge in [0.15, 0.2) is 0 Å². The molecule has 32 heavy (non-hydrogen) atoms. The maximum atomic E-state index is 10.8. The Kier molecular flexibility index (Phi) is 5.61. The zero-order valence-corrected chi connectivity index (χ0v) is 18.3. The fraction of sp³-hybridized carbons (Fsp3) is 0.417. The second kappa shape index (κ2) is 8.70. The standard InChI is InChI=1S/C24H28N6O2/c1-15-8-16(2)28-24(27-15)29-19-4-3-5-20(11-19)32-22-10-18-14-30(13-17(18)9-21(22)31)23-12-25-6-7-26-23/h3-8,11-12,17-18,21-22,31H,9-10,13-14H2,1-2H3,(H,27,28,29)/t17-,18+,21+,22+/m0/s1. The van der Waals surface area contributed by atoms with Gasteiger partial charge in [-0.15, -0.1) is 0 Å². The molecule has 2 N–H and O–H groups in total. The van der Waals surface area contributed by atoms with Crippen molar-refractivity contribution < 1.29 is 9.84 Å². The minimum atomic E-state index is -0.488. The Bertz CT molecular complexity index is 1060. The molecule has 1 saturated carbocycles. The zero-order valence-electron chi connectivity index (χ0n) is 18.3. The summed E-state index contributed by atoms with van der Waals surface area (Å²) in [5.41, 5.74) is 2.68. The van der Waals surface area contributed by atoms with E-state index in [4.69, 9.17) is 4.74 Å². The molecule has 1 aliphatic heterocycles. The van der Waals surface area contributed by atoms with E-state index in [0.717, 1.165) is 54.6 Å². The van der Waals surface area contributed by atoms with Crippen molar-refractivity contribution in [1.82, 2.24) is 19.9 Å². The van der Waals surface area contributed by atoms with Crippen LogP contribution in [0.1, 0.15) is 24.2 Å². The van der Waals surface area contributed by atoms with Crippen LogP contribution in [0.4, 0.5) is 17.5 Å². The Hall–Kier alpha value is -3.26. The number of hydrogen-bond donors (Lipinski definition) is 2. The van der Waals surface area contributed by atoms with Gasteiger partial charge in [0, 0.05) is 48.6 Å². The van der Waals surface area contributed by atoms with Gasteiger partial charge < -0.3 is 20.1 Å². The highest BCUT2D eigenvalue weighted by Crippen LogP contribution is 2.39. The molecule has 0 spiro atoms. The molecule has 8 heteroatoms. The number of nitrogens with zero attached hydrogens (tertiary/aromatic N) is 5. The van der Waals surface area contributed by atoms with Gasteiger partial charge in [-0.2, -0.15) is 0 Å². The molecule has 0 bridgehead atoms. The number of anilines is 3. The Morgan fingerprint density at radius 2 is 1.81 bits per heavy atom. The first kappa shape index (κ1) is 20.6. The fourth-order valence-corrected chi connectivity index (χ4v) is 4.89. The van der Waals surface area contributed by atoms with E-state index in [9.17, 15) is 5.11 Å². The van der Waals surface area contributed by atoms with Crippen molar-refractivity contribution in [3.63, 3.8) is 0 Å². The van der Waals surface area contributed by atoms with Gasteiger partial charge in [-0.05, 0) is 56.7 Å². The van der Waals surface area contributed by atoms with E-state index in [0.29, 0.717) is 17.8 Å². The molecule has 0 unspecified atom stereocenters. The molecular weight excluding hydrogens is 404 g/mol. The lowest BCUT2D eigenvalue weighted by atomic mass is 9.78. The van der Waals surface area contributed by atoms with Crippen molar-refractivity contribution in [3.8, 4) is 5.75 Å². The third-order valence-electron chi connectivity index (χ3n) is 6.32. The Labute approximate surface area is 187 Å². The number of ether oxygens (including phenoxy) is 1. The first-order valence-electron chi connectivity index (χ1n) is 11.1. The van der Waals surface area contributed by atoms with Gasteiger partial charge in [0.2, 0.25) is 5.95 Å². The predicted octanol–water partition coefficient (Wildman–Crippen LogP) is 3.28. The number of nitrogens with one attached hydrogen (secondary N) is 1. The number of hydrogen-bond acceptors (Lipinski definition) is 8. The van der Waals surface area contributed by atoms with Crippen molar-refractivity contribution in [2.75, 3.05) is 23.3 Å². The van der Waals surface area contributed by atoms with E-state index in [2.05, 4.69) is 30.2 Å². The minimum absolute atomic E-state index is 0.231. The highest BCUT2D eigenvalue weighted by Gasteiger charge is 2.43. The maximum Gasteiger partial charge on any atom is 0.227 e. The SMILES string of the molecule is Cc1cc(C)nc(Nc2cccc(O[C@@H]3C[C@@H]4CN(c5cnccn5)C[C@@H]4C[C@H]3O)c2)n1. The molecule has 1 saturated heterocycles. The quantitative estimate of drug-likeness (QED) is 0.634. The Morgan fingerprint density at radius 1 is 1.03 bits per heavy atom. The van der Waals surface area contributed by atoms with Gasteiger partial charge in [0.25, 0.3) is 0 Å². The van der Waals surface area contributed by atoms with Crippen LogP contribution in [-0.4, -0.2) is 50.3 Å². The van der Waals surface area contributed by atoms with Gasteiger partial charge in [0.1, 0.15) is 17.7 Å². The molecule has 2 aliphatic rings. The molecule has 4 atom stereocenters. The molecule has 5 rings (SSSR count). The molecule has 3 heterocycles. The van der Waals surface area contributed by atoms with Gasteiger partial charge in [-0.3, -0.25) is 4.98 Å². The van der Waals surface area contributed by atoms with E-state index in [-0.39, 0.29) is 6.10 Å². The summed E-state index contributed by atoms with van der Waals surface area (Å²) >= 11 is 0. The summed E-state index contributed by atoms with van der Waals surface area (Å²) < 4.78 is 6.27. The fourth-order valence-electron chi connectivity index (χ4n) is 4.89. The number of aromatic nitrogens is 4. The minimum Gasteiger partial charge on any atom is -0.488 e. The summed E-state index contributed by atoms with van der Waals surface area (Å²) in [6, 6.07) is 9.69. The predicted molar refractivity (Wildman–Crippen MR) is 122 cm³/mol. The van der Waals surface area contributed by atoms with Gasteiger partial charge >= 0.3 is 0 Å². The topological polar surface area (TPSA) is 96.3 Å². The van der Waals surface area contributed by atoms with E-state index in [1.165, 1.54) is 0 Å². The van der Waals surface area contributed by atoms with E-state index >= 15 is 0 Å². The number of benzene rings is 1. The van der Waals surface area contributed by atoms with Crippen molar-refractivity contribution in [2.24, 2.45) is 11.8 Å². The first-order chi connectivity index (χ1) is 15.5. The van der Waals surface area contributed by atoms with Crippen LogP contribution in [0, 0.1) is 25.7 Å². The molecule has 3 aromatic rings. The van der Waals surface area contributed by atoms with Crippen LogP contribution in [0.3, 0.4) is 0 Å². The Balaban J connectivity index is 1.25. The number of rotatable bonds is 5.